The van der Waals surface area contributed by atoms with E-state index in [-0.39, 0.29) is 24.8 Å². The first-order valence-electron chi connectivity index (χ1n) is 9.85. The van der Waals surface area contributed by atoms with Crippen LogP contribution in [0.3, 0.4) is 0 Å². The van der Waals surface area contributed by atoms with Crippen molar-refractivity contribution in [3.63, 3.8) is 0 Å². The lowest BCUT2D eigenvalue weighted by Crippen LogP contribution is -2.19. The quantitative estimate of drug-likeness (QED) is 0.314. The van der Waals surface area contributed by atoms with Gasteiger partial charge in [-0.1, -0.05) is 53.5 Å². The van der Waals surface area contributed by atoms with E-state index >= 15 is 0 Å². The zero-order chi connectivity index (χ0) is 22.9. The normalized spacial score (nSPS) is 10.9. The van der Waals surface area contributed by atoms with Crippen molar-refractivity contribution in [2.24, 2.45) is 5.10 Å². The number of hydrogen-bond acceptors (Lipinski definition) is 4. The van der Waals surface area contributed by atoms with E-state index in [4.69, 9.17) is 32.7 Å². The van der Waals surface area contributed by atoms with Gasteiger partial charge in [0.25, 0.3) is 0 Å². The molecule has 0 atom stereocenters. The number of benzene rings is 3. The fraction of sp³-hybridized carbons (Fsp3) is 0.167. The molecule has 32 heavy (non-hydrogen) atoms. The van der Waals surface area contributed by atoms with E-state index in [9.17, 15) is 9.18 Å². The number of carbonyl (C=O) groups is 1. The van der Waals surface area contributed by atoms with E-state index in [1.54, 1.807) is 30.3 Å². The molecule has 0 fully saturated rings. The maximum Gasteiger partial charge on any atom is 0.244 e. The first-order valence-corrected chi connectivity index (χ1v) is 10.6. The van der Waals surface area contributed by atoms with Gasteiger partial charge >= 0.3 is 0 Å². The van der Waals surface area contributed by atoms with E-state index in [1.165, 1.54) is 18.3 Å². The minimum Gasteiger partial charge on any atom is -0.490 e. The second-order valence-electron chi connectivity index (χ2n) is 6.74. The Morgan fingerprint density at radius 3 is 2.53 bits per heavy atom. The van der Waals surface area contributed by atoms with Gasteiger partial charge in [0.05, 0.1) is 24.3 Å². The third-order valence-electron chi connectivity index (χ3n) is 4.34. The van der Waals surface area contributed by atoms with Crippen LogP contribution in [0.5, 0.6) is 11.5 Å². The van der Waals surface area contributed by atoms with E-state index in [2.05, 4.69) is 10.5 Å². The van der Waals surface area contributed by atoms with Crippen LogP contribution in [0.15, 0.2) is 65.8 Å². The second-order valence-corrected chi connectivity index (χ2v) is 7.55. The molecule has 166 valence electrons. The molecule has 8 heteroatoms. The Hall–Kier alpha value is -3.09. The van der Waals surface area contributed by atoms with Crippen molar-refractivity contribution in [2.45, 2.75) is 20.0 Å². The molecule has 3 aromatic rings. The molecular weight excluding hydrogens is 454 g/mol. The summed E-state index contributed by atoms with van der Waals surface area (Å²) in [5, 5.41) is 4.90. The van der Waals surface area contributed by atoms with Crippen molar-refractivity contribution >= 4 is 35.3 Å². The van der Waals surface area contributed by atoms with Gasteiger partial charge < -0.3 is 9.47 Å². The summed E-state index contributed by atoms with van der Waals surface area (Å²) in [6, 6.07) is 16.5. The van der Waals surface area contributed by atoms with Crippen molar-refractivity contribution < 1.29 is 18.7 Å². The van der Waals surface area contributed by atoms with Crippen molar-refractivity contribution in [2.75, 3.05) is 6.61 Å². The molecule has 5 nitrogen and oxygen atoms in total. The molecule has 3 aromatic carbocycles. The summed E-state index contributed by atoms with van der Waals surface area (Å²) in [4.78, 5) is 12.0. The molecule has 0 saturated carbocycles. The lowest BCUT2D eigenvalue weighted by Gasteiger charge is -2.15. The molecule has 3 rings (SSSR count). The number of halogens is 3. The summed E-state index contributed by atoms with van der Waals surface area (Å²) in [5.41, 5.74) is 4.56. The predicted octanol–water partition coefficient (Wildman–Crippen LogP) is 5.80. The van der Waals surface area contributed by atoms with Crippen LogP contribution in [0.1, 0.15) is 23.6 Å². The molecule has 0 aliphatic carbocycles. The molecule has 0 aliphatic rings. The smallest absolute Gasteiger partial charge is 0.244 e. The third kappa shape index (κ3) is 6.70. The van der Waals surface area contributed by atoms with Gasteiger partial charge in [-0.3, -0.25) is 4.79 Å². The second kappa shape index (κ2) is 11.5. The number of amides is 1. The van der Waals surface area contributed by atoms with Gasteiger partial charge in [-0.25, -0.2) is 9.82 Å². The zero-order valence-corrected chi connectivity index (χ0v) is 18.8. The summed E-state index contributed by atoms with van der Waals surface area (Å²) < 4.78 is 24.5. The summed E-state index contributed by atoms with van der Waals surface area (Å²) in [7, 11) is 0. The molecule has 0 spiro atoms. The molecule has 0 heterocycles. The largest absolute Gasteiger partial charge is 0.490 e. The number of hydrazone groups is 1. The predicted molar refractivity (Wildman–Crippen MR) is 124 cm³/mol. The van der Waals surface area contributed by atoms with E-state index in [1.807, 2.05) is 25.1 Å². The maximum atomic E-state index is 13.0. The first kappa shape index (κ1) is 23.6. The molecule has 0 bridgehead atoms. The summed E-state index contributed by atoms with van der Waals surface area (Å²) in [5.74, 6) is 0.161. The average molecular weight is 475 g/mol. The molecule has 1 amide bonds. The van der Waals surface area contributed by atoms with Crippen LogP contribution in [-0.2, 0) is 17.8 Å². The van der Waals surface area contributed by atoms with Gasteiger partial charge in [-0.05, 0) is 48.4 Å². The fourth-order valence-electron chi connectivity index (χ4n) is 2.84. The van der Waals surface area contributed by atoms with Gasteiger partial charge in [0.2, 0.25) is 5.91 Å². The van der Waals surface area contributed by atoms with Gasteiger partial charge in [0.15, 0.2) is 11.5 Å². The van der Waals surface area contributed by atoms with Gasteiger partial charge in [-0.2, -0.15) is 5.10 Å². The van der Waals surface area contributed by atoms with Crippen LogP contribution < -0.4 is 14.9 Å². The Bertz CT molecular complexity index is 1100. The van der Waals surface area contributed by atoms with Gasteiger partial charge in [0.1, 0.15) is 12.4 Å². The van der Waals surface area contributed by atoms with Crippen LogP contribution in [0.25, 0.3) is 0 Å². The number of carbonyl (C=O) groups excluding carboxylic acids is 1. The molecule has 0 radical (unpaired) electrons. The van der Waals surface area contributed by atoms with Crippen LogP contribution in [0, 0.1) is 5.82 Å². The van der Waals surface area contributed by atoms with Gasteiger partial charge in [0, 0.05) is 10.6 Å². The Kier molecular flexibility index (Phi) is 8.48. The Labute approximate surface area is 195 Å². The topological polar surface area (TPSA) is 59.9 Å². The molecular formula is C24H21Cl2FN2O3. The summed E-state index contributed by atoms with van der Waals surface area (Å²) in [6.45, 7) is 2.49. The third-order valence-corrected chi connectivity index (χ3v) is 4.99. The molecule has 0 aliphatic heterocycles. The number of rotatable bonds is 9. The highest BCUT2D eigenvalue weighted by Gasteiger charge is 2.13. The Morgan fingerprint density at radius 2 is 1.81 bits per heavy atom. The molecule has 0 aromatic heterocycles. The van der Waals surface area contributed by atoms with E-state index < -0.39 is 0 Å². The highest BCUT2D eigenvalue weighted by Crippen LogP contribution is 2.37. The van der Waals surface area contributed by atoms with Gasteiger partial charge in [-0.15, -0.1) is 0 Å². The highest BCUT2D eigenvalue weighted by atomic mass is 35.5. The highest BCUT2D eigenvalue weighted by molar-refractivity contribution is 6.32. The Balaban J connectivity index is 1.67. The van der Waals surface area contributed by atoms with Crippen LogP contribution in [0.4, 0.5) is 4.39 Å². The Morgan fingerprint density at radius 1 is 1.06 bits per heavy atom. The van der Waals surface area contributed by atoms with E-state index in [0.717, 1.165) is 5.56 Å². The van der Waals surface area contributed by atoms with Crippen LogP contribution in [-0.4, -0.2) is 18.7 Å². The van der Waals surface area contributed by atoms with Crippen LogP contribution in [0.2, 0.25) is 10.0 Å². The summed E-state index contributed by atoms with van der Waals surface area (Å²) in [6.07, 6.45) is 1.53. The molecule has 0 saturated heterocycles. The van der Waals surface area contributed by atoms with Crippen LogP contribution >= 0.6 is 23.2 Å². The lowest BCUT2D eigenvalue weighted by atomic mass is 10.1. The zero-order valence-electron chi connectivity index (χ0n) is 17.3. The fourth-order valence-corrected chi connectivity index (χ4v) is 3.30. The minimum atomic E-state index is -0.353. The van der Waals surface area contributed by atoms with E-state index in [0.29, 0.717) is 39.3 Å². The van der Waals surface area contributed by atoms with Crippen molar-refractivity contribution in [1.29, 1.82) is 0 Å². The van der Waals surface area contributed by atoms with Crippen molar-refractivity contribution in [1.82, 2.24) is 5.43 Å². The number of nitrogens with zero attached hydrogens (tertiary/aromatic N) is 1. The molecule has 0 unspecified atom stereocenters. The molecule has 1 N–H and O–H groups in total. The monoisotopic (exact) mass is 474 g/mol. The lowest BCUT2D eigenvalue weighted by molar-refractivity contribution is -0.120. The number of ether oxygens (including phenoxy) is 2. The average Bonchev–Trinajstić information content (AvgIpc) is 2.76. The standard InChI is InChI=1S/C24H21Cl2FN2O3/c1-2-31-22-12-17(14-28-29-23(30)13-16-7-9-19(27)10-8-16)11-21(26)24(22)32-15-18-5-3-4-6-20(18)25/h3-12,14H,2,13,15H2,1H3,(H,29,30)/b28-14+. The number of nitrogens with one attached hydrogen (secondary N) is 1. The minimum absolute atomic E-state index is 0.0807. The van der Waals surface area contributed by atoms with Crippen molar-refractivity contribution in [3.05, 3.63) is 93.2 Å². The SMILES string of the molecule is CCOc1cc(/C=N/NC(=O)Cc2ccc(F)cc2)cc(Cl)c1OCc1ccccc1Cl. The summed E-state index contributed by atoms with van der Waals surface area (Å²) >= 11 is 12.6. The van der Waals surface area contributed by atoms with Crippen molar-refractivity contribution in [3.8, 4) is 11.5 Å². The number of hydrogen-bond donors (Lipinski definition) is 1. The maximum absolute atomic E-state index is 13.0. The first-order chi connectivity index (χ1) is 15.5.